The first-order valence-corrected chi connectivity index (χ1v) is 20.7. The van der Waals surface area contributed by atoms with Crippen LogP contribution in [0.3, 0.4) is 0 Å². The van der Waals surface area contributed by atoms with Gasteiger partial charge in [-0.1, -0.05) is 46.4 Å². The zero-order chi connectivity index (χ0) is 50.4. The summed E-state index contributed by atoms with van der Waals surface area (Å²) in [5.41, 5.74) is -2.15. The molecule has 2 unspecified atom stereocenters. The zero-order valence-corrected chi connectivity index (χ0v) is 38.3. The highest BCUT2D eigenvalue weighted by molar-refractivity contribution is 6.35. The average molecular weight is 1020 g/mol. The molecule has 5 aromatic carbocycles. The van der Waals surface area contributed by atoms with Gasteiger partial charge >= 0.3 is 12.4 Å². The second kappa shape index (κ2) is 21.5. The lowest BCUT2D eigenvalue weighted by Gasteiger charge is -2.17. The minimum atomic E-state index is -4.75. The molecule has 0 aliphatic carbocycles. The van der Waals surface area contributed by atoms with Crippen molar-refractivity contribution in [3.63, 3.8) is 0 Å². The summed E-state index contributed by atoms with van der Waals surface area (Å²) in [6.45, 7) is 5.31. The first-order chi connectivity index (χ1) is 31.7. The maximum Gasteiger partial charge on any atom is 0.416 e. The number of rotatable bonds is 14. The van der Waals surface area contributed by atoms with Gasteiger partial charge in [-0.25, -0.2) is 0 Å². The van der Waals surface area contributed by atoms with Crippen molar-refractivity contribution in [2.45, 2.75) is 52.1 Å². The van der Waals surface area contributed by atoms with Crippen LogP contribution in [-0.2, 0) is 31.5 Å². The molecule has 0 radical (unpaired) electrons. The van der Waals surface area contributed by atoms with E-state index in [1.807, 2.05) is 0 Å². The van der Waals surface area contributed by atoms with E-state index in [4.69, 9.17) is 46.4 Å². The van der Waals surface area contributed by atoms with Gasteiger partial charge in [-0.2, -0.15) is 46.8 Å². The number of Topliss-reactive ketones (excluding diaryl/α,β-unsaturated/α-hetero) is 2. The molecule has 68 heavy (non-hydrogen) atoms. The Balaban J connectivity index is 1.26. The first-order valence-electron chi connectivity index (χ1n) is 19.2. The lowest BCUT2D eigenvalue weighted by atomic mass is 10.0. The Labute approximate surface area is 401 Å². The van der Waals surface area contributed by atoms with Crippen molar-refractivity contribution >= 4 is 116 Å². The van der Waals surface area contributed by atoms with Crippen molar-refractivity contribution in [2.75, 3.05) is 21.3 Å². The van der Waals surface area contributed by atoms with Gasteiger partial charge in [0.1, 0.15) is 0 Å². The highest BCUT2D eigenvalue weighted by Gasteiger charge is 2.33. The maximum absolute atomic E-state index is 13.4. The van der Waals surface area contributed by atoms with E-state index in [-0.39, 0.29) is 65.3 Å². The Morgan fingerprint density at radius 3 is 1.18 bits per heavy atom. The molecule has 0 heterocycles. The number of hydrogen-bond acceptors (Lipinski definition) is 10. The second-order valence-corrected chi connectivity index (χ2v) is 16.2. The SMILES string of the molecule is CC(=O)C(N=Nc1ccc(Cl)c(C(=O)Nc2cc(Cl)cc(C(F)(F)F)c2)c1)C(=O)Nc1ccc(NC(=O)C(N=Nc2ccc(Cl)c(C(=O)Nc3cc(Cl)cc(C(F)(F)F)c3)c2)C(C)=O)c(C)c1C. The van der Waals surface area contributed by atoms with Gasteiger partial charge < -0.3 is 21.3 Å². The van der Waals surface area contributed by atoms with Crippen molar-refractivity contribution in [1.29, 1.82) is 0 Å². The van der Waals surface area contributed by atoms with E-state index in [1.54, 1.807) is 13.8 Å². The quantitative estimate of drug-likeness (QED) is 0.0484. The highest BCUT2D eigenvalue weighted by Crippen LogP contribution is 2.36. The van der Waals surface area contributed by atoms with Gasteiger partial charge in [-0.15, -0.1) is 0 Å². The Morgan fingerprint density at radius 2 is 0.853 bits per heavy atom. The number of anilines is 4. The molecule has 5 aromatic rings. The van der Waals surface area contributed by atoms with E-state index in [9.17, 15) is 55.1 Å². The molecule has 4 amide bonds. The number of halogens is 10. The Hall–Kier alpha value is -6.74. The predicted molar refractivity (Wildman–Crippen MR) is 243 cm³/mol. The van der Waals surface area contributed by atoms with Crippen LogP contribution in [0.25, 0.3) is 0 Å². The second-order valence-electron chi connectivity index (χ2n) is 14.5. The van der Waals surface area contributed by atoms with Crippen molar-refractivity contribution in [1.82, 2.24) is 0 Å². The molecule has 0 aromatic heterocycles. The monoisotopic (exact) mass is 1020 g/mol. The standard InChI is InChI=1S/C44H32Cl4F6N8O6/c1-19-20(2)36(58-42(68)38(22(4)64)62-60-28-6-8-34(48)32(18-28)40(66)56-30-14-24(44(52,53)54)12-26(46)16-30)10-9-35(19)57-41(67)37(21(3)63)61-59-27-5-7-33(47)31(17-27)39(65)55-29-13-23(43(49,50)51)11-25(45)15-29/h5-18,37-38H,1-4H3,(H,55,65)(H,56,66)(H,57,67)(H,58,68). The largest absolute Gasteiger partial charge is 0.416 e. The van der Waals surface area contributed by atoms with Gasteiger partial charge in [0.2, 0.25) is 12.1 Å². The summed E-state index contributed by atoms with van der Waals surface area (Å²) in [5, 5.41) is 24.5. The molecule has 0 saturated heterocycles. The summed E-state index contributed by atoms with van der Waals surface area (Å²) in [6.07, 6.45) is -9.49. The summed E-state index contributed by atoms with van der Waals surface area (Å²) in [5.74, 6) is -5.18. The first kappa shape index (κ1) is 52.2. The van der Waals surface area contributed by atoms with Gasteiger partial charge in [0.25, 0.3) is 23.6 Å². The molecular weight excluding hydrogens is 992 g/mol. The number of hydrogen-bond donors (Lipinski definition) is 4. The Bertz CT molecular complexity index is 2740. The van der Waals surface area contributed by atoms with Gasteiger partial charge in [0, 0.05) is 32.8 Å². The number of nitrogens with one attached hydrogen (secondary N) is 4. The summed E-state index contributed by atoms with van der Waals surface area (Å²) in [4.78, 5) is 77.9. The van der Waals surface area contributed by atoms with Crippen molar-refractivity contribution < 1.29 is 55.1 Å². The fourth-order valence-electron chi connectivity index (χ4n) is 5.93. The fourth-order valence-corrected chi connectivity index (χ4v) is 6.80. The van der Waals surface area contributed by atoms with Crippen LogP contribution in [0.4, 0.5) is 60.5 Å². The number of ketones is 2. The Morgan fingerprint density at radius 1 is 0.500 bits per heavy atom. The molecule has 0 spiro atoms. The van der Waals surface area contributed by atoms with Crippen LogP contribution in [0.15, 0.2) is 105 Å². The van der Waals surface area contributed by atoms with E-state index < -0.39 is 70.8 Å². The molecule has 0 aliphatic rings. The number of nitrogens with zero attached hydrogens (tertiary/aromatic N) is 4. The van der Waals surface area contributed by atoms with Gasteiger partial charge in [-0.3, -0.25) is 28.8 Å². The van der Waals surface area contributed by atoms with Gasteiger partial charge in [0.05, 0.1) is 43.7 Å². The molecule has 4 N–H and O–H groups in total. The topological polar surface area (TPSA) is 200 Å². The van der Waals surface area contributed by atoms with Crippen LogP contribution in [0.2, 0.25) is 20.1 Å². The lowest BCUT2D eigenvalue weighted by molar-refractivity contribution is -0.138. The minimum absolute atomic E-state index is 0.0555. The van der Waals surface area contributed by atoms with Crippen LogP contribution in [0, 0.1) is 13.8 Å². The summed E-state index contributed by atoms with van der Waals surface area (Å²) < 4.78 is 79.7. The van der Waals surface area contributed by atoms with Gasteiger partial charge in [-0.05, 0) is 124 Å². The van der Waals surface area contributed by atoms with Crippen LogP contribution in [0.1, 0.15) is 56.8 Å². The normalized spacial score (nSPS) is 12.7. The Kier molecular flexibility index (Phi) is 16.5. The molecule has 0 fully saturated rings. The molecule has 0 aliphatic heterocycles. The third-order valence-corrected chi connectivity index (χ3v) is 10.6. The highest BCUT2D eigenvalue weighted by atomic mass is 35.5. The van der Waals surface area contributed by atoms with Crippen molar-refractivity contribution in [3.05, 3.63) is 138 Å². The number of benzene rings is 5. The van der Waals surface area contributed by atoms with Crippen LogP contribution in [-0.4, -0.2) is 47.3 Å². The van der Waals surface area contributed by atoms with Crippen LogP contribution in [0.5, 0.6) is 0 Å². The molecule has 0 saturated carbocycles. The number of carbonyl (C=O) groups is 6. The smallest absolute Gasteiger partial charge is 0.324 e. The molecular formula is C44H32Cl4F6N8O6. The molecule has 0 bridgehead atoms. The van der Waals surface area contributed by atoms with Crippen molar-refractivity contribution in [2.24, 2.45) is 20.5 Å². The fraction of sp³-hybridized carbons (Fsp3) is 0.182. The lowest BCUT2D eigenvalue weighted by Crippen LogP contribution is -2.33. The number of azo groups is 2. The number of carbonyl (C=O) groups excluding carboxylic acids is 6. The van der Waals surface area contributed by atoms with Crippen LogP contribution < -0.4 is 21.3 Å². The third kappa shape index (κ3) is 13.5. The van der Waals surface area contributed by atoms with E-state index in [0.717, 1.165) is 38.1 Å². The third-order valence-electron chi connectivity index (χ3n) is 9.50. The van der Waals surface area contributed by atoms with E-state index in [2.05, 4.69) is 41.7 Å². The summed E-state index contributed by atoms with van der Waals surface area (Å²) in [7, 11) is 0. The molecule has 14 nitrogen and oxygen atoms in total. The van der Waals surface area contributed by atoms with Gasteiger partial charge in [0.15, 0.2) is 11.6 Å². The number of amides is 4. The molecule has 354 valence electrons. The maximum atomic E-state index is 13.4. The average Bonchev–Trinajstić information content (AvgIpc) is 3.23. The van der Waals surface area contributed by atoms with E-state index in [0.29, 0.717) is 35.4 Å². The summed E-state index contributed by atoms with van der Waals surface area (Å²) >= 11 is 24.0. The molecule has 5 rings (SSSR count). The van der Waals surface area contributed by atoms with E-state index >= 15 is 0 Å². The van der Waals surface area contributed by atoms with Crippen molar-refractivity contribution in [3.8, 4) is 0 Å². The number of alkyl halides is 6. The minimum Gasteiger partial charge on any atom is -0.324 e. The molecule has 2 atom stereocenters. The molecule has 24 heteroatoms. The van der Waals surface area contributed by atoms with E-state index in [1.165, 1.54) is 36.4 Å². The zero-order valence-electron chi connectivity index (χ0n) is 35.3. The van der Waals surface area contributed by atoms with Crippen LogP contribution >= 0.6 is 46.4 Å². The summed E-state index contributed by atoms with van der Waals surface area (Å²) in [6, 6.07) is 11.6. The predicted octanol–water partition coefficient (Wildman–Crippen LogP) is 12.8.